The van der Waals surface area contributed by atoms with E-state index in [-0.39, 0.29) is 50.9 Å². The fraction of sp³-hybridized carbons (Fsp3) is 0.885. The summed E-state index contributed by atoms with van der Waals surface area (Å²) in [7, 11) is 0.853. The largest absolute Gasteiger partial charge is 1.00 e. The number of hydrogen-bond donors (Lipinski definition) is 1. The van der Waals surface area contributed by atoms with Crippen LogP contribution in [-0.2, 0) is 42.1 Å². The first kappa shape index (κ1) is 75.1. The Balaban J connectivity index is 0. The third kappa shape index (κ3) is 52.5. The minimum atomic E-state index is -4.85. The van der Waals surface area contributed by atoms with Gasteiger partial charge in [-0.2, -0.15) is 0 Å². The zero-order valence-electron chi connectivity index (χ0n) is 49.6. The summed E-state index contributed by atoms with van der Waals surface area (Å²) in [4.78, 5) is 50.1. The number of carbonyl (C=O) groups excluding carboxylic acids is 3. The number of quaternary nitrogens is 1. The molecule has 0 heterocycles. The van der Waals surface area contributed by atoms with Crippen LogP contribution in [0.25, 0.3) is 0 Å². The Morgan fingerprint density at radius 1 is 0.493 bits per heavy atom. The van der Waals surface area contributed by atoms with Crippen molar-refractivity contribution in [2.24, 2.45) is 5.92 Å². The summed E-state index contributed by atoms with van der Waals surface area (Å²) in [6, 6.07) is 0. The molecule has 0 aromatic heterocycles. The van der Waals surface area contributed by atoms with Crippen LogP contribution in [0.1, 0.15) is 279 Å². The molecule has 1 N–H and O–H groups in total. The SMILES string of the molecule is CCCCCCCC/C=C\CCCCCCCC(=O)OC[C@H](COP(=O)(O)OC(C[N+](C)(C)C)C(OC(=O)OCCCCCCCCCCCC)C(C)C)OC(=O)CCCCCCC/C=C\CCCCCCCC.[Cl-]. The van der Waals surface area contributed by atoms with E-state index >= 15 is 0 Å². The van der Waals surface area contributed by atoms with E-state index < -0.39 is 50.8 Å². The van der Waals surface area contributed by atoms with Crippen LogP contribution in [0.2, 0.25) is 0 Å². The molecule has 0 aliphatic heterocycles. The van der Waals surface area contributed by atoms with Crippen LogP contribution in [0.5, 0.6) is 0 Å². The van der Waals surface area contributed by atoms with E-state index in [0.29, 0.717) is 17.3 Å². The molecule has 0 amide bonds. The maximum atomic E-state index is 13.7. The van der Waals surface area contributed by atoms with Gasteiger partial charge in [0.15, 0.2) is 12.2 Å². The van der Waals surface area contributed by atoms with Crippen molar-refractivity contribution in [3.63, 3.8) is 0 Å². The highest BCUT2D eigenvalue weighted by Gasteiger charge is 2.40. The number of phosphoric ester groups is 1. The van der Waals surface area contributed by atoms with Gasteiger partial charge in [-0.25, -0.2) is 9.36 Å². The standard InChI is InChI=1S/C61H116NO11P.ClH/c1-9-12-15-18-21-24-27-29-31-33-35-37-40-43-46-49-58(63)69-53-56(71-59(64)50-47-44-41-38-36-34-32-30-28-25-22-19-16-13-10-2)54-70-74(66,67)73-57(52-62(6,7)8)60(55(4)5)72-61(65)68-51-48-45-42-39-26-23-20-17-14-11-3;/h29-32,55-57,60H,9-28,33-54H2,1-8H3;1H/b31-29-,32-30-;/t56-,57?,60?;/m1./s1. The Morgan fingerprint density at radius 2 is 0.867 bits per heavy atom. The average molecular weight is 1110 g/mol. The number of esters is 2. The molecule has 0 rings (SSSR count). The molecule has 0 aromatic carbocycles. The van der Waals surface area contributed by atoms with Crippen molar-refractivity contribution in [2.75, 3.05) is 47.5 Å². The molecular formula is C61H117ClNO11P. The first-order chi connectivity index (χ1) is 35.6. The van der Waals surface area contributed by atoms with Gasteiger partial charge in [-0.1, -0.05) is 219 Å². The van der Waals surface area contributed by atoms with Gasteiger partial charge in [-0.3, -0.25) is 18.6 Å². The smallest absolute Gasteiger partial charge is 0.508 e. The summed E-state index contributed by atoms with van der Waals surface area (Å²) in [5, 5.41) is 0. The molecule has 0 radical (unpaired) electrons. The first-order valence-electron chi connectivity index (χ1n) is 30.6. The predicted molar refractivity (Wildman–Crippen MR) is 306 cm³/mol. The van der Waals surface area contributed by atoms with E-state index in [1.54, 1.807) is 0 Å². The molecule has 0 fully saturated rings. The Labute approximate surface area is 467 Å². The Morgan fingerprint density at radius 3 is 1.27 bits per heavy atom. The van der Waals surface area contributed by atoms with Gasteiger partial charge < -0.3 is 40.7 Å². The summed E-state index contributed by atoms with van der Waals surface area (Å²) in [5.74, 6) is -1.22. The third-order valence-electron chi connectivity index (χ3n) is 13.4. The fourth-order valence-corrected chi connectivity index (χ4v) is 9.89. The second-order valence-corrected chi connectivity index (χ2v) is 23.9. The van der Waals surface area contributed by atoms with Crippen LogP contribution >= 0.6 is 7.82 Å². The van der Waals surface area contributed by atoms with Gasteiger partial charge in [0, 0.05) is 12.8 Å². The van der Waals surface area contributed by atoms with Crippen LogP contribution < -0.4 is 12.4 Å². The van der Waals surface area contributed by atoms with Gasteiger partial charge in [-0.15, -0.1) is 0 Å². The zero-order valence-corrected chi connectivity index (χ0v) is 51.3. The highest BCUT2D eigenvalue weighted by molar-refractivity contribution is 7.47. The Kier molecular flexibility index (Phi) is 52.8. The lowest BCUT2D eigenvalue weighted by Crippen LogP contribution is -3.00. The summed E-state index contributed by atoms with van der Waals surface area (Å²) >= 11 is 0. The van der Waals surface area contributed by atoms with Gasteiger partial charge in [0.2, 0.25) is 0 Å². The van der Waals surface area contributed by atoms with Crippen LogP contribution in [0.4, 0.5) is 4.79 Å². The molecular weight excluding hydrogens is 989 g/mol. The monoisotopic (exact) mass is 1110 g/mol. The number of phosphoric acid groups is 1. The highest BCUT2D eigenvalue weighted by atomic mass is 35.5. The van der Waals surface area contributed by atoms with E-state index in [9.17, 15) is 23.8 Å². The quantitative estimate of drug-likeness (QED) is 0.0155. The van der Waals surface area contributed by atoms with E-state index in [4.69, 9.17) is 28.0 Å². The number of ether oxygens (including phenoxy) is 4. The fourth-order valence-electron chi connectivity index (χ4n) is 8.95. The molecule has 75 heavy (non-hydrogen) atoms. The van der Waals surface area contributed by atoms with Gasteiger partial charge >= 0.3 is 25.9 Å². The Hall–Kier alpha value is -1.95. The van der Waals surface area contributed by atoms with Crippen LogP contribution in [0.3, 0.4) is 0 Å². The zero-order chi connectivity index (χ0) is 54.8. The Bertz CT molecular complexity index is 1420. The van der Waals surface area contributed by atoms with Crippen LogP contribution in [0, 0.1) is 5.92 Å². The topological polar surface area (TPSA) is 144 Å². The number of carbonyl (C=O) groups is 3. The molecule has 444 valence electrons. The maximum Gasteiger partial charge on any atom is 0.508 e. The number of allylic oxidation sites excluding steroid dienone is 4. The second kappa shape index (κ2) is 52.7. The van der Waals surface area contributed by atoms with E-state index in [1.165, 1.54) is 122 Å². The van der Waals surface area contributed by atoms with Gasteiger partial charge in [0.25, 0.3) is 0 Å². The number of unbranched alkanes of at least 4 members (excludes halogenated alkanes) is 31. The van der Waals surface area contributed by atoms with Gasteiger partial charge in [0.1, 0.15) is 19.3 Å². The molecule has 0 spiro atoms. The van der Waals surface area contributed by atoms with Crippen LogP contribution in [0.15, 0.2) is 24.3 Å². The van der Waals surface area contributed by atoms with Crippen molar-refractivity contribution in [3.8, 4) is 0 Å². The van der Waals surface area contributed by atoms with E-state index in [1.807, 2.05) is 35.0 Å². The number of nitrogens with zero attached hydrogens (tertiary/aromatic N) is 1. The summed E-state index contributed by atoms with van der Waals surface area (Å²) in [6.45, 7) is 9.95. The van der Waals surface area contributed by atoms with Crippen molar-refractivity contribution < 1.29 is 68.7 Å². The summed E-state index contributed by atoms with van der Waals surface area (Å²) in [6.07, 6.45) is 47.1. The lowest BCUT2D eigenvalue weighted by atomic mass is 10.0. The molecule has 0 aliphatic rings. The van der Waals surface area contributed by atoms with Crippen molar-refractivity contribution in [3.05, 3.63) is 24.3 Å². The molecule has 0 saturated heterocycles. The maximum absolute atomic E-state index is 13.7. The second-order valence-electron chi connectivity index (χ2n) is 22.5. The van der Waals surface area contributed by atoms with E-state index in [2.05, 4.69) is 45.1 Å². The molecule has 12 nitrogen and oxygen atoms in total. The third-order valence-corrected chi connectivity index (χ3v) is 14.4. The highest BCUT2D eigenvalue weighted by Crippen LogP contribution is 2.46. The van der Waals surface area contributed by atoms with Gasteiger partial charge in [-0.05, 0) is 76.5 Å². The van der Waals surface area contributed by atoms with Crippen molar-refractivity contribution in [1.82, 2.24) is 0 Å². The lowest BCUT2D eigenvalue weighted by molar-refractivity contribution is -0.873. The number of hydrogen-bond acceptors (Lipinski definition) is 10. The minimum Gasteiger partial charge on any atom is -1.00 e. The normalized spacial score (nSPS) is 13.9. The number of halogens is 1. The van der Waals surface area contributed by atoms with Crippen molar-refractivity contribution >= 4 is 25.9 Å². The van der Waals surface area contributed by atoms with Crippen molar-refractivity contribution in [1.29, 1.82) is 0 Å². The van der Waals surface area contributed by atoms with Crippen molar-refractivity contribution in [2.45, 2.75) is 297 Å². The molecule has 0 aliphatic carbocycles. The summed E-state index contributed by atoms with van der Waals surface area (Å²) in [5.41, 5.74) is 0. The average Bonchev–Trinajstić information content (AvgIpc) is 3.34. The number of likely N-dealkylation sites (N-methyl/N-ethyl adjacent to an activating group) is 1. The number of rotatable bonds is 54. The molecule has 4 atom stereocenters. The molecule has 0 saturated carbocycles. The van der Waals surface area contributed by atoms with Gasteiger partial charge in [0.05, 0.1) is 34.4 Å². The van der Waals surface area contributed by atoms with E-state index in [0.717, 1.165) is 96.3 Å². The predicted octanol–water partition coefficient (Wildman–Crippen LogP) is 14.8. The molecule has 3 unspecified atom stereocenters. The summed E-state index contributed by atoms with van der Waals surface area (Å²) < 4.78 is 47.9. The minimum absolute atomic E-state index is 0. The molecule has 14 heteroatoms. The lowest BCUT2D eigenvalue weighted by Gasteiger charge is -2.35. The molecule has 0 aromatic rings. The first-order valence-corrected chi connectivity index (χ1v) is 32.1. The molecule has 0 bridgehead atoms. The van der Waals surface area contributed by atoms with Crippen LogP contribution in [-0.4, -0.2) is 93.3 Å².